The van der Waals surface area contributed by atoms with Gasteiger partial charge in [-0.2, -0.15) is 0 Å². The topological polar surface area (TPSA) is 27.3 Å². The highest BCUT2D eigenvalue weighted by molar-refractivity contribution is 5.10. The summed E-state index contributed by atoms with van der Waals surface area (Å²) in [5.74, 6) is 1.89. The zero-order valence-electron chi connectivity index (χ0n) is 9.73. The van der Waals surface area contributed by atoms with E-state index in [0.717, 1.165) is 30.5 Å². The summed E-state index contributed by atoms with van der Waals surface area (Å²) < 4.78 is 0. The van der Waals surface area contributed by atoms with Gasteiger partial charge < -0.3 is 10.2 Å². The SMILES string of the molecule is C1=CN2C(CN1)CC1C3CCCCC3NC12. The van der Waals surface area contributed by atoms with Crippen molar-refractivity contribution >= 4 is 0 Å². The first-order chi connectivity index (χ1) is 7.93. The summed E-state index contributed by atoms with van der Waals surface area (Å²) in [7, 11) is 0. The van der Waals surface area contributed by atoms with Gasteiger partial charge in [0.05, 0.1) is 6.17 Å². The third kappa shape index (κ3) is 1.18. The van der Waals surface area contributed by atoms with E-state index < -0.39 is 0 Å². The fourth-order valence-electron chi connectivity index (χ4n) is 4.48. The van der Waals surface area contributed by atoms with Crippen LogP contribution in [0.2, 0.25) is 0 Å². The molecule has 5 atom stereocenters. The molecule has 0 aromatic heterocycles. The third-order valence-corrected chi connectivity index (χ3v) is 5.16. The van der Waals surface area contributed by atoms with Gasteiger partial charge in [-0.3, -0.25) is 5.32 Å². The Morgan fingerprint density at radius 3 is 3.06 bits per heavy atom. The number of hydrogen-bond donors (Lipinski definition) is 2. The fourth-order valence-corrected chi connectivity index (χ4v) is 4.48. The summed E-state index contributed by atoms with van der Waals surface area (Å²) in [4.78, 5) is 2.58. The Kier molecular flexibility index (Phi) is 1.98. The molecule has 0 amide bonds. The minimum atomic E-state index is 0.649. The highest BCUT2D eigenvalue weighted by Gasteiger charge is 2.51. The van der Waals surface area contributed by atoms with Crippen molar-refractivity contribution in [2.75, 3.05) is 6.54 Å². The van der Waals surface area contributed by atoms with Crippen molar-refractivity contribution in [3.63, 3.8) is 0 Å². The second kappa shape index (κ2) is 3.39. The first-order valence-electron chi connectivity index (χ1n) is 6.87. The van der Waals surface area contributed by atoms with E-state index in [1.54, 1.807) is 0 Å². The van der Waals surface area contributed by atoms with E-state index in [2.05, 4.69) is 27.9 Å². The average molecular weight is 219 g/mol. The lowest BCUT2D eigenvalue weighted by Crippen LogP contribution is -2.47. The van der Waals surface area contributed by atoms with E-state index in [-0.39, 0.29) is 0 Å². The Labute approximate surface area is 97.3 Å². The van der Waals surface area contributed by atoms with Crippen molar-refractivity contribution in [3.05, 3.63) is 12.4 Å². The van der Waals surface area contributed by atoms with Crippen LogP contribution in [0, 0.1) is 11.8 Å². The van der Waals surface area contributed by atoms with Gasteiger partial charge in [-0.05, 0) is 31.1 Å². The largest absolute Gasteiger partial charge is 0.388 e. The van der Waals surface area contributed by atoms with Crippen molar-refractivity contribution in [1.29, 1.82) is 0 Å². The van der Waals surface area contributed by atoms with Crippen molar-refractivity contribution in [2.45, 2.75) is 50.4 Å². The van der Waals surface area contributed by atoms with Crippen molar-refractivity contribution < 1.29 is 0 Å². The lowest BCUT2D eigenvalue weighted by Gasteiger charge is -2.33. The van der Waals surface area contributed by atoms with Crippen molar-refractivity contribution in [1.82, 2.24) is 15.5 Å². The fraction of sp³-hybridized carbons (Fsp3) is 0.846. The Hall–Kier alpha value is -0.700. The van der Waals surface area contributed by atoms with Crippen LogP contribution in [0.4, 0.5) is 0 Å². The first kappa shape index (κ1) is 9.34. The van der Waals surface area contributed by atoms with E-state index >= 15 is 0 Å². The van der Waals surface area contributed by atoms with E-state index in [9.17, 15) is 0 Å². The molecule has 2 N–H and O–H groups in total. The van der Waals surface area contributed by atoms with Crippen molar-refractivity contribution in [3.8, 4) is 0 Å². The molecule has 5 unspecified atom stereocenters. The van der Waals surface area contributed by atoms with Crippen LogP contribution in [-0.2, 0) is 0 Å². The monoisotopic (exact) mass is 219 g/mol. The molecule has 0 spiro atoms. The molecule has 0 bridgehead atoms. The van der Waals surface area contributed by atoms with Gasteiger partial charge in [0.1, 0.15) is 0 Å². The van der Waals surface area contributed by atoms with Gasteiger partial charge in [0.15, 0.2) is 0 Å². The quantitative estimate of drug-likeness (QED) is 0.642. The zero-order chi connectivity index (χ0) is 10.5. The van der Waals surface area contributed by atoms with E-state index in [4.69, 9.17) is 0 Å². The second-order valence-corrected chi connectivity index (χ2v) is 5.89. The summed E-state index contributed by atoms with van der Waals surface area (Å²) in [5, 5.41) is 7.27. The second-order valence-electron chi connectivity index (χ2n) is 5.89. The predicted octanol–water partition coefficient (Wildman–Crippen LogP) is 1.24. The molecule has 3 aliphatic heterocycles. The molecule has 16 heavy (non-hydrogen) atoms. The molecule has 3 heterocycles. The highest BCUT2D eigenvalue weighted by atomic mass is 15.4. The first-order valence-corrected chi connectivity index (χ1v) is 6.87. The molecule has 3 fully saturated rings. The molecule has 88 valence electrons. The smallest absolute Gasteiger partial charge is 0.0829 e. The number of rotatable bonds is 0. The lowest BCUT2D eigenvalue weighted by atomic mass is 9.78. The van der Waals surface area contributed by atoms with E-state index in [1.165, 1.54) is 32.1 Å². The molecule has 3 nitrogen and oxygen atoms in total. The van der Waals surface area contributed by atoms with Gasteiger partial charge in [-0.15, -0.1) is 0 Å². The highest BCUT2D eigenvalue weighted by Crippen LogP contribution is 2.45. The summed E-state index contributed by atoms with van der Waals surface area (Å²) in [5.41, 5.74) is 0. The summed E-state index contributed by atoms with van der Waals surface area (Å²) in [6.45, 7) is 1.14. The summed E-state index contributed by atoms with van der Waals surface area (Å²) in [6.07, 6.45) is 12.2. The Bertz CT molecular complexity index is 314. The molecular weight excluding hydrogens is 198 g/mol. The van der Waals surface area contributed by atoms with Crippen LogP contribution in [0.3, 0.4) is 0 Å². The van der Waals surface area contributed by atoms with E-state index in [1.807, 2.05) is 0 Å². The summed E-state index contributed by atoms with van der Waals surface area (Å²) >= 11 is 0. The van der Waals surface area contributed by atoms with E-state index in [0.29, 0.717) is 6.17 Å². The molecule has 4 aliphatic rings. The van der Waals surface area contributed by atoms with Crippen LogP contribution in [0.15, 0.2) is 12.4 Å². The van der Waals surface area contributed by atoms with Crippen LogP contribution in [0.25, 0.3) is 0 Å². The number of nitrogens with zero attached hydrogens (tertiary/aromatic N) is 1. The predicted molar refractivity (Wildman–Crippen MR) is 63.5 cm³/mol. The molecule has 3 heteroatoms. The Balaban J connectivity index is 1.60. The van der Waals surface area contributed by atoms with Gasteiger partial charge in [-0.1, -0.05) is 12.8 Å². The average Bonchev–Trinajstić information content (AvgIpc) is 2.85. The van der Waals surface area contributed by atoms with Crippen LogP contribution in [0.1, 0.15) is 32.1 Å². The molecule has 1 aliphatic carbocycles. The lowest BCUT2D eigenvalue weighted by molar-refractivity contribution is 0.223. The summed E-state index contributed by atoms with van der Waals surface area (Å²) in [6, 6.07) is 1.57. The van der Waals surface area contributed by atoms with Crippen LogP contribution >= 0.6 is 0 Å². The molecule has 0 aromatic carbocycles. The maximum Gasteiger partial charge on any atom is 0.0829 e. The van der Waals surface area contributed by atoms with Crippen molar-refractivity contribution in [2.24, 2.45) is 11.8 Å². The number of fused-ring (bicyclic) bond motifs is 5. The van der Waals surface area contributed by atoms with Crippen LogP contribution in [0.5, 0.6) is 0 Å². The Morgan fingerprint density at radius 2 is 2.06 bits per heavy atom. The maximum atomic E-state index is 3.90. The van der Waals surface area contributed by atoms with Gasteiger partial charge in [0, 0.05) is 31.0 Å². The number of nitrogens with one attached hydrogen (secondary N) is 2. The van der Waals surface area contributed by atoms with Gasteiger partial charge in [0.2, 0.25) is 0 Å². The van der Waals surface area contributed by atoms with Gasteiger partial charge in [-0.25, -0.2) is 0 Å². The maximum absolute atomic E-state index is 3.90. The van der Waals surface area contributed by atoms with Crippen LogP contribution in [-0.4, -0.2) is 29.7 Å². The molecular formula is C13H21N3. The molecule has 2 saturated heterocycles. The molecule has 4 rings (SSSR count). The normalized spacial score (nSPS) is 49.5. The minimum absolute atomic E-state index is 0.649. The van der Waals surface area contributed by atoms with Gasteiger partial charge >= 0.3 is 0 Å². The Morgan fingerprint density at radius 1 is 1.12 bits per heavy atom. The van der Waals surface area contributed by atoms with Crippen LogP contribution < -0.4 is 10.6 Å². The van der Waals surface area contributed by atoms with Gasteiger partial charge in [0.25, 0.3) is 0 Å². The minimum Gasteiger partial charge on any atom is -0.388 e. The standard InChI is InChI=1S/C13H21N3/c1-2-4-12-10(3-1)11-7-9-8-14-5-6-16(9)13(11)15-12/h5-6,9-15H,1-4,7-8H2. The molecule has 0 radical (unpaired) electrons. The third-order valence-electron chi connectivity index (χ3n) is 5.16. The zero-order valence-corrected chi connectivity index (χ0v) is 9.73. The number of hydrogen-bond acceptors (Lipinski definition) is 3. The molecule has 1 saturated carbocycles. The molecule has 0 aromatic rings.